The first-order valence-electron chi connectivity index (χ1n) is 11.6. The van der Waals surface area contributed by atoms with E-state index in [4.69, 9.17) is 10.5 Å². The van der Waals surface area contributed by atoms with Gasteiger partial charge in [-0.2, -0.15) is 0 Å². The third-order valence-electron chi connectivity index (χ3n) is 6.50. The number of carbonyl (C=O) groups is 1. The number of nitrogens with one attached hydrogen (secondary N) is 1. The number of sulfone groups is 1. The van der Waals surface area contributed by atoms with Crippen LogP contribution in [0.2, 0.25) is 0 Å². The Morgan fingerprint density at radius 3 is 2.67 bits per heavy atom. The zero-order valence-corrected chi connectivity index (χ0v) is 21.0. The number of anilines is 1. The normalized spacial score (nSPS) is 17.4. The van der Waals surface area contributed by atoms with Crippen LogP contribution in [0.3, 0.4) is 0 Å². The van der Waals surface area contributed by atoms with E-state index in [1.165, 1.54) is 18.3 Å². The summed E-state index contributed by atoms with van der Waals surface area (Å²) >= 11 is 0. The van der Waals surface area contributed by atoms with Crippen LogP contribution in [0.5, 0.6) is 11.6 Å². The molecule has 4 aromatic rings. The molecular formula is C26H27N5O4S. The molecule has 1 aliphatic rings. The first-order valence-corrected chi connectivity index (χ1v) is 13.1. The molecule has 1 fully saturated rings. The van der Waals surface area contributed by atoms with Crippen molar-refractivity contribution in [3.8, 4) is 11.6 Å². The van der Waals surface area contributed by atoms with Crippen molar-refractivity contribution in [2.75, 3.05) is 11.4 Å². The van der Waals surface area contributed by atoms with Crippen molar-refractivity contribution in [3.63, 3.8) is 0 Å². The summed E-state index contributed by atoms with van der Waals surface area (Å²) in [4.78, 5) is 26.1. The van der Waals surface area contributed by atoms with E-state index < -0.39 is 15.7 Å². The number of ether oxygens (including phenoxy) is 1. The summed E-state index contributed by atoms with van der Waals surface area (Å²) in [7, 11) is -4.23. The molecule has 1 atom stereocenters. The number of H-pyrrole nitrogens is 1. The van der Waals surface area contributed by atoms with E-state index >= 15 is 0 Å². The predicted molar refractivity (Wildman–Crippen MR) is 136 cm³/mol. The van der Waals surface area contributed by atoms with E-state index in [1.54, 1.807) is 24.4 Å². The van der Waals surface area contributed by atoms with E-state index in [2.05, 4.69) is 21.9 Å². The van der Waals surface area contributed by atoms with Gasteiger partial charge in [0.25, 0.3) is 5.91 Å². The van der Waals surface area contributed by atoms with Crippen LogP contribution in [0.1, 0.15) is 37.6 Å². The van der Waals surface area contributed by atoms with Gasteiger partial charge >= 0.3 is 0 Å². The number of hydrogen-bond acceptors (Lipinski definition) is 7. The molecule has 186 valence electrons. The van der Waals surface area contributed by atoms with Crippen LogP contribution in [0.4, 0.5) is 5.82 Å². The Kier molecular flexibility index (Phi) is 5.71. The van der Waals surface area contributed by atoms with Gasteiger partial charge in [0.05, 0.1) is 4.90 Å². The zero-order valence-electron chi connectivity index (χ0n) is 20.2. The lowest BCUT2D eigenvalue weighted by atomic mass is 9.97. The van der Waals surface area contributed by atoms with Gasteiger partial charge in [0.15, 0.2) is 5.03 Å². The van der Waals surface area contributed by atoms with Crippen LogP contribution in [-0.2, 0) is 9.84 Å². The predicted octanol–water partition coefficient (Wildman–Crippen LogP) is 4.31. The van der Waals surface area contributed by atoms with Gasteiger partial charge in [-0.25, -0.2) is 18.4 Å². The highest BCUT2D eigenvalue weighted by molar-refractivity contribution is 7.91. The van der Waals surface area contributed by atoms with E-state index in [0.29, 0.717) is 18.2 Å². The number of rotatable bonds is 6. The fourth-order valence-corrected chi connectivity index (χ4v) is 6.42. The molecule has 36 heavy (non-hydrogen) atoms. The Hall–Kier alpha value is -3.92. The van der Waals surface area contributed by atoms with Crippen molar-refractivity contribution in [3.05, 3.63) is 66.5 Å². The minimum Gasteiger partial charge on any atom is -0.438 e. The van der Waals surface area contributed by atoms with Crippen LogP contribution in [0.15, 0.2) is 70.8 Å². The molecule has 5 rings (SSSR count). The Morgan fingerprint density at radius 1 is 1.17 bits per heavy atom. The van der Waals surface area contributed by atoms with E-state index in [-0.39, 0.29) is 32.7 Å². The summed E-state index contributed by atoms with van der Waals surface area (Å²) in [6, 6.07) is 13.2. The molecule has 0 saturated carbocycles. The van der Waals surface area contributed by atoms with Crippen molar-refractivity contribution in [2.45, 2.75) is 42.7 Å². The summed E-state index contributed by atoms with van der Waals surface area (Å²) in [5.41, 5.74) is 6.17. The quantitative estimate of drug-likeness (QED) is 0.399. The number of hydrogen-bond donors (Lipinski definition) is 2. The van der Waals surface area contributed by atoms with Crippen molar-refractivity contribution < 1.29 is 17.9 Å². The van der Waals surface area contributed by atoms with Gasteiger partial charge in [-0.05, 0) is 56.5 Å². The number of nitrogens with two attached hydrogens (primary N) is 1. The minimum absolute atomic E-state index is 0.106. The molecule has 0 radical (unpaired) electrons. The molecule has 9 nitrogen and oxygen atoms in total. The lowest BCUT2D eigenvalue weighted by Crippen LogP contribution is -2.40. The fraction of sp³-hybridized carbons (Fsp3) is 0.269. The third kappa shape index (κ3) is 4.07. The molecular weight excluding hydrogens is 478 g/mol. The molecule has 10 heteroatoms. The summed E-state index contributed by atoms with van der Waals surface area (Å²) in [5.74, 6) is 0.394. The van der Waals surface area contributed by atoms with Crippen molar-refractivity contribution in [1.82, 2.24) is 15.0 Å². The Labute approximate surface area is 209 Å². The highest BCUT2D eigenvalue weighted by Gasteiger charge is 2.40. The molecule has 1 saturated heterocycles. The summed E-state index contributed by atoms with van der Waals surface area (Å²) in [6.45, 7) is 6.82. The number of carbonyl (C=O) groups excluding carboxylic acids is 1. The topological polar surface area (TPSA) is 131 Å². The zero-order chi connectivity index (χ0) is 25.7. The second-order valence-electron chi connectivity index (χ2n) is 9.72. The van der Waals surface area contributed by atoms with Crippen molar-refractivity contribution in [2.24, 2.45) is 11.7 Å². The molecule has 3 N–H and O–H groups in total. The van der Waals surface area contributed by atoms with Gasteiger partial charge in [0.1, 0.15) is 17.1 Å². The summed E-state index contributed by atoms with van der Waals surface area (Å²) in [5, 5.41) is 0.583. The molecule has 4 heterocycles. The van der Waals surface area contributed by atoms with Crippen LogP contribution < -0.4 is 15.4 Å². The third-order valence-corrected chi connectivity index (χ3v) is 8.20. The minimum atomic E-state index is -4.23. The lowest BCUT2D eigenvalue weighted by Gasteiger charge is -2.33. The lowest BCUT2D eigenvalue weighted by molar-refractivity contribution is 0.0997. The van der Waals surface area contributed by atoms with Crippen LogP contribution in [0.25, 0.3) is 10.9 Å². The summed E-state index contributed by atoms with van der Waals surface area (Å²) in [6.07, 6.45) is 4.06. The van der Waals surface area contributed by atoms with Gasteiger partial charge in [0, 0.05) is 41.4 Å². The van der Waals surface area contributed by atoms with E-state index in [1.807, 2.05) is 36.9 Å². The monoisotopic (exact) mass is 505 g/mol. The highest BCUT2D eigenvalue weighted by atomic mass is 32.2. The van der Waals surface area contributed by atoms with Gasteiger partial charge in [0.2, 0.25) is 15.7 Å². The summed E-state index contributed by atoms with van der Waals surface area (Å²) < 4.78 is 33.4. The molecule has 1 unspecified atom stereocenters. The number of amides is 1. The fourth-order valence-electron chi connectivity index (χ4n) is 5.03. The number of primary amides is 1. The molecule has 1 amide bonds. The Bertz CT molecular complexity index is 1580. The smallest absolute Gasteiger partial charge is 0.253 e. The van der Waals surface area contributed by atoms with Crippen LogP contribution in [-0.4, -0.2) is 41.4 Å². The number of aromatic amines is 1. The maximum Gasteiger partial charge on any atom is 0.253 e. The van der Waals surface area contributed by atoms with Gasteiger partial charge in [-0.15, -0.1) is 0 Å². The first kappa shape index (κ1) is 23.8. The number of aromatic nitrogens is 3. The number of fused-ring (bicyclic) bond motifs is 1. The Balaban J connectivity index is 1.57. The first-order chi connectivity index (χ1) is 17.1. The second-order valence-corrected chi connectivity index (χ2v) is 11.6. The Morgan fingerprint density at radius 2 is 1.94 bits per heavy atom. The van der Waals surface area contributed by atoms with Crippen LogP contribution >= 0.6 is 0 Å². The van der Waals surface area contributed by atoms with Crippen molar-refractivity contribution in [1.29, 1.82) is 0 Å². The van der Waals surface area contributed by atoms with E-state index in [9.17, 15) is 13.2 Å². The second kappa shape index (κ2) is 8.63. The number of pyridine rings is 2. The maximum atomic E-state index is 13.8. The van der Waals surface area contributed by atoms with Gasteiger partial charge in [-0.1, -0.05) is 19.1 Å². The molecule has 0 aliphatic carbocycles. The molecule has 1 aliphatic heterocycles. The maximum absolute atomic E-state index is 13.8. The van der Waals surface area contributed by atoms with Gasteiger partial charge in [-0.3, -0.25) is 4.79 Å². The number of benzene rings is 1. The molecule has 1 aromatic carbocycles. The van der Waals surface area contributed by atoms with Crippen LogP contribution in [0, 0.1) is 5.92 Å². The highest BCUT2D eigenvalue weighted by Crippen LogP contribution is 2.39. The number of nitrogens with zero attached hydrogens (tertiary/aromatic N) is 3. The largest absolute Gasteiger partial charge is 0.438 e. The molecule has 0 spiro atoms. The van der Waals surface area contributed by atoms with Gasteiger partial charge < -0.3 is 20.4 Å². The SMILES string of the molecule is CC1CN(c2nccc(S(=O)(=O)c3cccc(Oc4cccc5[nH]ccc45)n3)c2C(N)=O)C(C)(C)C1. The molecule has 0 bridgehead atoms. The van der Waals surface area contributed by atoms with E-state index in [0.717, 1.165) is 17.3 Å². The molecule has 3 aromatic heterocycles. The average molecular weight is 506 g/mol. The van der Waals surface area contributed by atoms with Crippen molar-refractivity contribution >= 4 is 32.5 Å². The standard InChI is InChI=1S/C26H27N5O4S/c1-16-14-26(2,3)31(15-16)25-23(24(27)32)20(11-13-29-25)36(33,34)22-9-5-8-21(30-22)35-19-7-4-6-18-17(19)10-12-28-18/h4-13,16,28H,14-15H2,1-3H3,(H2,27,32). The average Bonchev–Trinajstić information content (AvgIpc) is 3.42.